The molecule has 6 heteroatoms. The zero-order chi connectivity index (χ0) is 14.7. The first-order chi connectivity index (χ1) is 8.67. The predicted octanol–water partition coefficient (Wildman–Crippen LogP) is 3.31. The molecule has 19 heavy (non-hydrogen) atoms. The number of rotatable bonds is 5. The number of nitrogens with two attached hydrogens (primary N) is 1. The molecule has 0 amide bonds. The number of benzene rings is 1. The quantitative estimate of drug-likeness (QED) is 0.646. The van der Waals surface area contributed by atoms with Crippen LogP contribution in [0, 0.1) is 0 Å². The lowest BCUT2D eigenvalue weighted by molar-refractivity contribution is 0.566. The molecule has 1 aromatic carbocycles. The summed E-state index contributed by atoms with van der Waals surface area (Å²) in [7, 11) is -3.45. The highest BCUT2D eigenvalue weighted by molar-refractivity contribution is 7.99. The molecule has 0 heterocycles. The average molecular weight is 302 g/mol. The van der Waals surface area contributed by atoms with E-state index in [0.29, 0.717) is 11.4 Å². The summed E-state index contributed by atoms with van der Waals surface area (Å²) in [4.78, 5) is 1.02. The van der Waals surface area contributed by atoms with Crippen LogP contribution in [-0.4, -0.2) is 18.9 Å². The van der Waals surface area contributed by atoms with Crippen LogP contribution in [0.15, 0.2) is 23.1 Å². The Morgan fingerprint density at radius 3 is 2.47 bits per heavy atom. The maximum atomic E-state index is 12.1. The summed E-state index contributed by atoms with van der Waals surface area (Å²) < 4.78 is 26.0. The van der Waals surface area contributed by atoms with E-state index in [1.54, 1.807) is 44.7 Å². The minimum atomic E-state index is -3.45. The Hall–Kier alpha value is -0.880. The molecule has 108 valence electrons. The molecule has 0 aliphatic rings. The van der Waals surface area contributed by atoms with Gasteiger partial charge in [-0.1, -0.05) is 6.92 Å². The van der Waals surface area contributed by atoms with Gasteiger partial charge in [-0.05, 0) is 51.1 Å². The summed E-state index contributed by atoms with van der Waals surface area (Å²) in [5.41, 5.74) is 6.73. The van der Waals surface area contributed by atoms with Crippen molar-refractivity contribution < 1.29 is 8.42 Å². The normalized spacial score (nSPS) is 12.4. The van der Waals surface area contributed by atoms with Crippen molar-refractivity contribution in [2.24, 2.45) is 0 Å². The molecular weight excluding hydrogens is 280 g/mol. The zero-order valence-corrected chi connectivity index (χ0v) is 13.5. The van der Waals surface area contributed by atoms with Gasteiger partial charge in [0.15, 0.2) is 0 Å². The van der Waals surface area contributed by atoms with Gasteiger partial charge >= 0.3 is 0 Å². The number of anilines is 2. The van der Waals surface area contributed by atoms with Crippen LogP contribution in [0.5, 0.6) is 0 Å². The van der Waals surface area contributed by atoms with Crippen LogP contribution < -0.4 is 10.5 Å². The van der Waals surface area contributed by atoms with Gasteiger partial charge in [0, 0.05) is 4.90 Å². The van der Waals surface area contributed by atoms with Gasteiger partial charge in [0.1, 0.15) is 0 Å². The second-order valence-electron chi connectivity index (χ2n) is 5.32. The zero-order valence-electron chi connectivity index (χ0n) is 11.9. The number of nitrogen functional groups attached to an aromatic ring is 1. The molecule has 0 aliphatic heterocycles. The van der Waals surface area contributed by atoms with Gasteiger partial charge in [0.05, 0.1) is 16.1 Å². The summed E-state index contributed by atoms with van der Waals surface area (Å²) in [5.74, 6) is 0.995. The van der Waals surface area contributed by atoms with E-state index in [-0.39, 0.29) is 0 Å². The molecule has 0 saturated heterocycles. The SMILES string of the molecule is CCCSc1ccc(N)c(NS(=O)(=O)C(C)(C)C)c1. The molecule has 1 aromatic rings. The van der Waals surface area contributed by atoms with Gasteiger partial charge in [0.2, 0.25) is 10.0 Å². The molecule has 0 spiro atoms. The fraction of sp³-hybridized carbons (Fsp3) is 0.538. The fourth-order valence-electron chi connectivity index (χ4n) is 1.23. The Labute approximate surface area is 120 Å². The maximum absolute atomic E-state index is 12.1. The van der Waals surface area contributed by atoms with E-state index in [4.69, 9.17) is 5.73 Å². The molecule has 0 atom stereocenters. The number of hydrogen-bond acceptors (Lipinski definition) is 4. The largest absolute Gasteiger partial charge is 0.397 e. The second-order valence-corrected chi connectivity index (χ2v) is 8.92. The highest BCUT2D eigenvalue weighted by Crippen LogP contribution is 2.29. The summed E-state index contributed by atoms with van der Waals surface area (Å²) in [6.45, 7) is 7.07. The van der Waals surface area contributed by atoms with E-state index < -0.39 is 14.8 Å². The smallest absolute Gasteiger partial charge is 0.237 e. The molecule has 4 nitrogen and oxygen atoms in total. The first-order valence-electron chi connectivity index (χ1n) is 6.22. The van der Waals surface area contributed by atoms with Gasteiger partial charge < -0.3 is 5.73 Å². The molecule has 0 aliphatic carbocycles. The van der Waals surface area contributed by atoms with Crippen LogP contribution in [0.2, 0.25) is 0 Å². The van der Waals surface area contributed by atoms with Crippen LogP contribution in [0.1, 0.15) is 34.1 Å². The lowest BCUT2D eigenvalue weighted by Crippen LogP contribution is -2.33. The summed E-state index contributed by atoms with van der Waals surface area (Å²) in [6.07, 6.45) is 1.07. The van der Waals surface area contributed by atoms with Crippen LogP contribution in [0.3, 0.4) is 0 Å². The van der Waals surface area contributed by atoms with Crippen LogP contribution in [0.25, 0.3) is 0 Å². The summed E-state index contributed by atoms with van der Waals surface area (Å²) in [5, 5.41) is 0. The maximum Gasteiger partial charge on any atom is 0.237 e. The third-order valence-corrected chi connectivity index (χ3v) is 5.85. The van der Waals surface area contributed by atoms with Crippen molar-refractivity contribution in [2.75, 3.05) is 16.2 Å². The van der Waals surface area contributed by atoms with Crippen molar-refractivity contribution in [1.82, 2.24) is 0 Å². The number of sulfonamides is 1. The Kier molecular flexibility index (Phi) is 5.15. The third-order valence-electron chi connectivity index (χ3n) is 2.55. The Morgan fingerprint density at radius 1 is 1.32 bits per heavy atom. The van der Waals surface area contributed by atoms with E-state index in [1.165, 1.54) is 0 Å². The standard InChI is InChI=1S/C13H22N2O2S2/c1-5-8-18-10-6-7-11(14)12(9-10)15-19(16,17)13(2,3)4/h6-7,9,15H,5,8,14H2,1-4H3. The van der Waals surface area contributed by atoms with Crippen LogP contribution in [-0.2, 0) is 10.0 Å². The molecule has 1 rings (SSSR count). The minimum absolute atomic E-state index is 0.439. The van der Waals surface area contributed by atoms with Gasteiger partial charge in [-0.2, -0.15) is 0 Å². The second kappa shape index (κ2) is 6.05. The first-order valence-corrected chi connectivity index (χ1v) is 8.69. The number of hydrogen-bond donors (Lipinski definition) is 2. The summed E-state index contributed by atoms with van der Waals surface area (Å²) >= 11 is 1.69. The Morgan fingerprint density at radius 2 is 1.95 bits per heavy atom. The van der Waals surface area contributed by atoms with Gasteiger partial charge in [-0.15, -0.1) is 11.8 Å². The molecule has 0 radical (unpaired) electrons. The Balaban J connectivity index is 3.01. The van der Waals surface area contributed by atoms with Crippen molar-refractivity contribution in [1.29, 1.82) is 0 Å². The van der Waals surface area contributed by atoms with Crippen molar-refractivity contribution in [2.45, 2.75) is 43.8 Å². The number of nitrogens with one attached hydrogen (secondary N) is 1. The van der Waals surface area contributed by atoms with E-state index in [1.807, 2.05) is 6.07 Å². The third kappa shape index (κ3) is 4.31. The minimum Gasteiger partial charge on any atom is -0.397 e. The summed E-state index contributed by atoms with van der Waals surface area (Å²) in [6, 6.07) is 5.43. The molecule has 0 saturated carbocycles. The van der Waals surface area contributed by atoms with E-state index >= 15 is 0 Å². The lowest BCUT2D eigenvalue weighted by Gasteiger charge is -2.21. The van der Waals surface area contributed by atoms with Crippen molar-refractivity contribution in [3.63, 3.8) is 0 Å². The first kappa shape index (κ1) is 16.2. The van der Waals surface area contributed by atoms with Gasteiger partial charge in [-0.3, -0.25) is 4.72 Å². The lowest BCUT2D eigenvalue weighted by atomic mass is 10.3. The number of thioether (sulfide) groups is 1. The highest BCUT2D eigenvalue weighted by Gasteiger charge is 2.29. The monoisotopic (exact) mass is 302 g/mol. The predicted molar refractivity (Wildman–Crippen MR) is 84.2 cm³/mol. The molecular formula is C13H22N2O2S2. The van der Waals surface area contributed by atoms with Crippen LogP contribution >= 0.6 is 11.8 Å². The highest BCUT2D eigenvalue weighted by atomic mass is 32.2. The average Bonchev–Trinajstić information content (AvgIpc) is 2.28. The van der Waals surface area contributed by atoms with Crippen molar-refractivity contribution in [3.05, 3.63) is 18.2 Å². The van der Waals surface area contributed by atoms with Crippen molar-refractivity contribution in [3.8, 4) is 0 Å². The topological polar surface area (TPSA) is 72.2 Å². The molecule has 0 aromatic heterocycles. The Bertz CT molecular complexity index is 534. The van der Waals surface area contributed by atoms with Crippen LogP contribution in [0.4, 0.5) is 11.4 Å². The molecule has 0 fully saturated rings. The van der Waals surface area contributed by atoms with E-state index in [0.717, 1.165) is 17.1 Å². The van der Waals surface area contributed by atoms with Gasteiger partial charge in [0.25, 0.3) is 0 Å². The van der Waals surface area contributed by atoms with Crippen molar-refractivity contribution >= 4 is 33.2 Å². The van der Waals surface area contributed by atoms with Gasteiger partial charge in [-0.25, -0.2) is 8.42 Å². The fourth-order valence-corrected chi connectivity index (χ4v) is 2.81. The molecule has 0 unspecified atom stereocenters. The van der Waals surface area contributed by atoms with E-state index in [9.17, 15) is 8.42 Å². The molecule has 3 N–H and O–H groups in total. The van der Waals surface area contributed by atoms with E-state index in [2.05, 4.69) is 11.6 Å². The molecule has 0 bridgehead atoms.